The number of carbonyl (C=O) groups is 1. The fourth-order valence-electron chi connectivity index (χ4n) is 2.26. The van der Waals surface area contributed by atoms with Crippen LogP contribution in [0.2, 0.25) is 0 Å². The Balaban J connectivity index is 2.18. The molecule has 0 spiro atoms. The summed E-state index contributed by atoms with van der Waals surface area (Å²) in [6, 6.07) is 7.36. The highest BCUT2D eigenvalue weighted by Crippen LogP contribution is 2.38. The molecule has 0 aliphatic carbocycles. The predicted molar refractivity (Wildman–Crippen MR) is 91.9 cm³/mol. The average Bonchev–Trinajstić information content (AvgIpc) is 2.66. The summed E-state index contributed by atoms with van der Waals surface area (Å²) in [7, 11) is -0.569. The second-order valence-corrected chi connectivity index (χ2v) is 6.77. The van der Waals surface area contributed by atoms with E-state index < -0.39 is 18.3 Å². The maximum atomic E-state index is 11.0. The van der Waals surface area contributed by atoms with Gasteiger partial charge in [-0.1, -0.05) is 18.2 Å². The molecule has 2 rings (SSSR count). The number of hydrogen-bond acceptors (Lipinski definition) is 4. The fourth-order valence-corrected chi connectivity index (χ4v) is 2.26. The largest absolute Gasteiger partial charge is 0.492 e. The molecule has 0 atom stereocenters. The van der Waals surface area contributed by atoms with E-state index in [1.807, 2.05) is 58.0 Å². The normalized spacial score (nSPS) is 19.7. The second kappa shape index (κ2) is 6.47. The first-order valence-electron chi connectivity index (χ1n) is 7.69. The highest BCUT2D eigenvalue weighted by molar-refractivity contribution is 6.55. The molecule has 1 aromatic rings. The molecular weight excluding hydrogens is 293 g/mol. The molecule has 1 amide bonds. The molecule has 1 saturated heterocycles. The van der Waals surface area contributed by atoms with Crippen LogP contribution in [0.3, 0.4) is 0 Å². The van der Waals surface area contributed by atoms with Crippen molar-refractivity contribution >= 4 is 24.8 Å². The minimum atomic E-state index is -0.569. The van der Waals surface area contributed by atoms with Crippen LogP contribution in [0.5, 0.6) is 0 Å². The van der Waals surface area contributed by atoms with Crippen LogP contribution in [-0.4, -0.2) is 35.9 Å². The van der Waals surface area contributed by atoms with Gasteiger partial charge in [0.2, 0.25) is 5.91 Å². The molecule has 23 heavy (non-hydrogen) atoms. The highest BCUT2D eigenvalue weighted by Gasteiger charge is 2.52. The number of aliphatic hydroxyl groups excluding tert-OH is 1. The Hall–Kier alpha value is -1.63. The van der Waals surface area contributed by atoms with Gasteiger partial charge in [-0.05, 0) is 50.9 Å². The Bertz CT molecular complexity index is 592. The van der Waals surface area contributed by atoms with Crippen LogP contribution in [0.4, 0.5) is 5.69 Å². The van der Waals surface area contributed by atoms with Crippen molar-refractivity contribution in [1.82, 2.24) is 0 Å². The van der Waals surface area contributed by atoms with Gasteiger partial charge < -0.3 is 19.7 Å². The lowest BCUT2D eigenvalue weighted by Crippen LogP contribution is -2.41. The number of benzene rings is 1. The summed E-state index contributed by atoms with van der Waals surface area (Å²) in [6.45, 7) is 9.23. The van der Waals surface area contributed by atoms with E-state index in [0.717, 1.165) is 11.3 Å². The predicted octanol–water partition coefficient (Wildman–Crippen LogP) is 2.65. The number of rotatable bonds is 4. The summed E-state index contributed by atoms with van der Waals surface area (Å²) in [4.78, 5) is 11.0. The third-order valence-electron chi connectivity index (χ3n) is 4.32. The molecule has 1 heterocycles. The molecule has 5 nitrogen and oxygen atoms in total. The van der Waals surface area contributed by atoms with E-state index in [2.05, 4.69) is 5.32 Å². The van der Waals surface area contributed by atoms with Crippen LogP contribution in [-0.2, 0) is 14.1 Å². The van der Waals surface area contributed by atoms with Gasteiger partial charge >= 0.3 is 7.12 Å². The Morgan fingerprint density at radius 1 is 1.17 bits per heavy atom. The molecule has 1 aliphatic heterocycles. The van der Waals surface area contributed by atoms with Crippen LogP contribution >= 0.6 is 0 Å². The van der Waals surface area contributed by atoms with E-state index in [9.17, 15) is 9.90 Å². The van der Waals surface area contributed by atoms with Crippen LogP contribution in [0.1, 0.15) is 40.2 Å². The maximum Gasteiger partial charge on any atom is 0.492 e. The van der Waals surface area contributed by atoms with E-state index in [-0.39, 0.29) is 12.5 Å². The van der Waals surface area contributed by atoms with E-state index in [1.54, 1.807) is 0 Å². The molecule has 0 aromatic heterocycles. The molecule has 1 fully saturated rings. The van der Waals surface area contributed by atoms with Gasteiger partial charge in [0, 0.05) is 12.6 Å². The topological polar surface area (TPSA) is 67.8 Å². The molecular formula is C17H24BNO4. The molecule has 0 saturated carbocycles. The molecule has 1 aromatic carbocycles. The smallest absolute Gasteiger partial charge is 0.400 e. The molecule has 0 unspecified atom stereocenters. The Morgan fingerprint density at radius 3 is 2.13 bits per heavy atom. The van der Waals surface area contributed by atoms with Gasteiger partial charge in [0.05, 0.1) is 17.8 Å². The zero-order valence-corrected chi connectivity index (χ0v) is 14.3. The van der Waals surface area contributed by atoms with Crippen molar-refractivity contribution in [2.75, 3.05) is 11.9 Å². The van der Waals surface area contributed by atoms with E-state index in [1.165, 1.54) is 6.92 Å². The quantitative estimate of drug-likeness (QED) is 0.838. The molecule has 6 heteroatoms. The van der Waals surface area contributed by atoms with Gasteiger partial charge in [-0.2, -0.15) is 0 Å². The van der Waals surface area contributed by atoms with Crippen LogP contribution in [0, 0.1) is 0 Å². The summed E-state index contributed by atoms with van der Waals surface area (Å²) in [5.74, 6) is -0.110. The van der Waals surface area contributed by atoms with Crippen molar-refractivity contribution in [1.29, 1.82) is 0 Å². The van der Waals surface area contributed by atoms with Crippen molar-refractivity contribution in [3.8, 4) is 0 Å². The van der Waals surface area contributed by atoms with E-state index in [4.69, 9.17) is 9.31 Å². The summed E-state index contributed by atoms with van der Waals surface area (Å²) in [5.41, 5.74) is 1.41. The Morgan fingerprint density at radius 2 is 1.70 bits per heavy atom. The van der Waals surface area contributed by atoms with Crippen molar-refractivity contribution in [2.45, 2.75) is 45.8 Å². The monoisotopic (exact) mass is 317 g/mol. The standard InChI is InChI=1S/C17H24BNO4/c1-12(21)19-15-8-6-13(7-9-15)10-14(11-20)18-22-16(2,3)17(4,5)23-18/h6-10,20H,11H2,1-5H3,(H,19,21). The minimum absolute atomic E-state index is 0.110. The van der Waals surface area contributed by atoms with Gasteiger partial charge in [0.1, 0.15) is 0 Å². The zero-order valence-electron chi connectivity index (χ0n) is 14.3. The van der Waals surface area contributed by atoms with Gasteiger partial charge in [-0.3, -0.25) is 4.79 Å². The first-order chi connectivity index (χ1) is 10.6. The molecule has 2 N–H and O–H groups in total. The van der Waals surface area contributed by atoms with Crippen molar-refractivity contribution in [2.24, 2.45) is 0 Å². The minimum Gasteiger partial charge on any atom is -0.400 e. The number of amides is 1. The summed E-state index contributed by atoms with van der Waals surface area (Å²) in [5, 5.41) is 12.4. The van der Waals surface area contributed by atoms with Crippen LogP contribution in [0.15, 0.2) is 29.7 Å². The first kappa shape index (κ1) is 17.7. The Labute approximate surface area is 137 Å². The number of nitrogens with one attached hydrogen (secondary N) is 1. The number of aliphatic hydroxyl groups is 1. The van der Waals surface area contributed by atoms with E-state index >= 15 is 0 Å². The number of hydrogen-bond donors (Lipinski definition) is 2. The van der Waals surface area contributed by atoms with Gasteiger partial charge in [-0.25, -0.2) is 0 Å². The second-order valence-electron chi connectivity index (χ2n) is 6.77. The molecule has 124 valence electrons. The van der Waals surface area contributed by atoms with Crippen LogP contribution < -0.4 is 5.32 Å². The fraction of sp³-hybridized carbons (Fsp3) is 0.471. The van der Waals surface area contributed by atoms with Crippen molar-refractivity contribution in [3.05, 3.63) is 35.3 Å². The van der Waals surface area contributed by atoms with E-state index in [0.29, 0.717) is 5.47 Å². The first-order valence-corrected chi connectivity index (χ1v) is 7.69. The molecule has 0 bridgehead atoms. The number of anilines is 1. The maximum absolute atomic E-state index is 11.0. The zero-order chi connectivity index (χ0) is 17.3. The lowest BCUT2D eigenvalue weighted by molar-refractivity contribution is -0.114. The Kier molecular flexibility index (Phi) is 4.99. The van der Waals surface area contributed by atoms with Gasteiger partial charge in [0.15, 0.2) is 0 Å². The highest BCUT2D eigenvalue weighted by atomic mass is 16.7. The van der Waals surface area contributed by atoms with Gasteiger partial charge in [0.25, 0.3) is 0 Å². The third-order valence-corrected chi connectivity index (χ3v) is 4.32. The summed E-state index contributed by atoms with van der Waals surface area (Å²) < 4.78 is 11.9. The summed E-state index contributed by atoms with van der Waals surface area (Å²) >= 11 is 0. The SMILES string of the molecule is CC(=O)Nc1ccc(C=C(CO)B2OC(C)(C)C(C)(C)O2)cc1. The van der Waals surface area contributed by atoms with Crippen molar-refractivity contribution < 1.29 is 19.2 Å². The van der Waals surface area contributed by atoms with Gasteiger partial charge in [-0.15, -0.1) is 0 Å². The molecule has 0 radical (unpaired) electrons. The summed E-state index contributed by atoms with van der Waals surface area (Å²) in [6.07, 6.45) is 1.85. The lowest BCUT2D eigenvalue weighted by Gasteiger charge is -2.32. The van der Waals surface area contributed by atoms with Crippen molar-refractivity contribution in [3.63, 3.8) is 0 Å². The molecule has 1 aliphatic rings. The van der Waals surface area contributed by atoms with Crippen LogP contribution in [0.25, 0.3) is 6.08 Å². The average molecular weight is 317 g/mol. The lowest BCUT2D eigenvalue weighted by atomic mass is 9.77. The third kappa shape index (κ3) is 4.02. The number of carbonyl (C=O) groups excluding carboxylic acids is 1.